The Labute approximate surface area is 95.7 Å². The van der Waals surface area contributed by atoms with Crippen LogP contribution in [-0.4, -0.2) is 16.0 Å². The van der Waals surface area contributed by atoms with Crippen molar-refractivity contribution in [1.82, 2.24) is 0 Å². The van der Waals surface area contributed by atoms with Gasteiger partial charge in [0.15, 0.2) is 11.5 Å². The fourth-order valence-corrected chi connectivity index (χ4v) is 1.55. The summed E-state index contributed by atoms with van der Waals surface area (Å²) >= 11 is 0. The number of hydrogen-bond acceptors (Lipinski definition) is 3. The summed E-state index contributed by atoms with van der Waals surface area (Å²) in [5.74, 6) is -0.0195. The molecule has 0 spiro atoms. The first-order valence-corrected chi connectivity index (χ1v) is 5.66. The maximum Gasteiger partial charge on any atom is 0.160 e. The number of phenols is 2. The Morgan fingerprint density at radius 2 is 2.00 bits per heavy atom. The summed E-state index contributed by atoms with van der Waals surface area (Å²) in [6, 6.07) is 4.82. The molecule has 0 amide bonds. The molecule has 2 N–H and O–H groups in total. The van der Waals surface area contributed by atoms with E-state index in [2.05, 4.69) is 0 Å². The molecule has 0 atom stereocenters. The SMILES string of the molecule is CCCCC(=O)CCc1cccc(O)c1O. The summed E-state index contributed by atoms with van der Waals surface area (Å²) in [5, 5.41) is 18.8. The van der Waals surface area contributed by atoms with E-state index in [1.807, 2.05) is 6.92 Å². The van der Waals surface area contributed by atoms with E-state index in [0.29, 0.717) is 24.8 Å². The van der Waals surface area contributed by atoms with E-state index in [4.69, 9.17) is 0 Å². The molecule has 0 saturated heterocycles. The highest BCUT2D eigenvalue weighted by Crippen LogP contribution is 2.29. The van der Waals surface area contributed by atoms with Crippen molar-refractivity contribution in [3.63, 3.8) is 0 Å². The van der Waals surface area contributed by atoms with Crippen LogP contribution in [0.5, 0.6) is 11.5 Å². The summed E-state index contributed by atoms with van der Waals surface area (Å²) in [7, 11) is 0. The van der Waals surface area contributed by atoms with Gasteiger partial charge in [-0.25, -0.2) is 0 Å². The van der Waals surface area contributed by atoms with Crippen LogP contribution in [0.3, 0.4) is 0 Å². The van der Waals surface area contributed by atoms with Gasteiger partial charge in [-0.15, -0.1) is 0 Å². The van der Waals surface area contributed by atoms with Crippen molar-refractivity contribution in [3.8, 4) is 11.5 Å². The van der Waals surface area contributed by atoms with Gasteiger partial charge in [-0.2, -0.15) is 0 Å². The number of hydrogen-bond donors (Lipinski definition) is 2. The second kappa shape index (κ2) is 6.16. The second-order valence-electron chi connectivity index (χ2n) is 3.93. The van der Waals surface area contributed by atoms with E-state index in [1.54, 1.807) is 12.1 Å². The molecule has 0 bridgehead atoms. The van der Waals surface area contributed by atoms with Crippen LogP contribution in [0.15, 0.2) is 18.2 Å². The monoisotopic (exact) mass is 222 g/mol. The normalized spacial score (nSPS) is 10.3. The molecule has 3 nitrogen and oxygen atoms in total. The van der Waals surface area contributed by atoms with Gasteiger partial charge in [0.25, 0.3) is 0 Å². The van der Waals surface area contributed by atoms with Gasteiger partial charge in [0.1, 0.15) is 5.78 Å². The maximum atomic E-state index is 11.4. The summed E-state index contributed by atoms with van der Waals surface area (Å²) in [4.78, 5) is 11.4. The van der Waals surface area contributed by atoms with Crippen molar-refractivity contribution in [2.75, 3.05) is 0 Å². The average molecular weight is 222 g/mol. The first-order chi connectivity index (χ1) is 7.65. The zero-order chi connectivity index (χ0) is 12.0. The van der Waals surface area contributed by atoms with Crippen LogP contribution >= 0.6 is 0 Å². The Bertz CT molecular complexity index is 358. The standard InChI is InChI=1S/C13H18O3/c1-2-3-6-11(14)9-8-10-5-4-7-12(15)13(10)16/h4-5,7,15-16H,2-3,6,8-9H2,1H3. The largest absolute Gasteiger partial charge is 0.504 e. The minimum absolute atomic E-state index is 0.106. The number of phenolic OH excluding ortho intramolecular Hbond substituents is 2. The van der Waals surface area contributed by atoms with Gasteiger partial charge < -0.3 is 10.2 Å². The molecule has 1 rings (SSSR count). The van der Waals surface area contributed by atoms with Gasteiger partial charge in [0, 0.05) is 12.8 Å². The molecule has 0 saturated carbocycles. The molecular weight excluding hydrogens is 204 g/mol. The molecule has 0 unspecified atom stereocenters. The van der Waals surface area contributed by atoms with Crippen LogP contribution in [0.25, 0.3) is 0 Å². The van der Waals surface area contributed by atoms with E-state index in [1.165, 1.54) is 6.07 Å². The highest BCUT2D eigenvalue weighted by Gasteiger charge is 2.08. The molecular formula is C13H18O3. The van der Waals surface area contributed by atoms with Gasteiger partial charge in [-0.1, -0.05) is 25.5 Å². The molecule has 0 aromatic heterocycles. The van der Waals surface area contributed by atoms with Crippen molar-refractivity contribution in [3.05, 3.63) is 23.8 Å². The predicted molar refractivity (Wildman–Crippen MR) is 62.6 cm³/mol. The number of benzene rings is 1. The van der Waals surface area contributed by atoms with Crippen LogP contribution in [0.4, 0.5) is 0 Å². The molecule has 3 heteroatoms. The number of Topliss-reactive ketones (excluding diaryl/α,β-unsaturated/α-hetero) is 1. The summed E-state index contributed by atoms with van der Waals surface area (Å²) < 4.78 is 0. The van der Waals surface area contributed by atoms with Crippen LogP contribution in [0.2, 0.25) is 0 Å². The van der Waals surface area contributed by atoms with E-state index in [9.17, 15) is 15.0 Å². The van der Waals surface area contributed by atoms with Crippen molar-refractivity contribution in [2.45, 2.75) is 39.0 Å². The molecule has 0 fully saturated rings. The van der Waals surface area contributed by atoms with Gasteiger partial charge in [-0.3, -0.25) is 4.79 Å². The Hall–Kier alpha value is -1.51. The molecule has 16 heavy (non-hydrogen) atoms. The zero-order valence-electron chi connectivity index (χ0n) is 9.57. The van der Waals surface area contributed by atoms with Crippen LogP contribution in [0.1, 0.15) is 38.2 Å². The Morgan fingerprint density at radius 3 is 2.69 bits per heavy atom. The minimum atomic E-state index is -0.126. The fraction of sp³-hybridized carbons (Fsp3) is 0.462. The van der Waals surface area contributed by atoms with E-state index in [0.717, 1.165) is 12.8 Å². The number of para-hydroxylation sites is 1. The minimum Gasteiger partial charge on any atom is -0.504 e. The molecule has 1 aromatic carbocycles. The topological polar surface area (TPSA) is 57.5 Å². The molecule has 0 aliphatic heterocycles. The smallest absolute Gasteiger partial charge is 0.160 e. The number of rotatable bonds is 6. The quantitative estimate of drug-likeness (QED) is 0.728. The van der Waals surface area contributed by atoms with Gasteiger partial charge >= 0.3 is 0 Å². The van der Waals surface area contributed by atoms with Gasteiger partial charge in [0.05, 0.1) is 0 Å². The van der Waals surface area contributed by atoms with Crippen LogP contribution in [0, 0.1) is 0 Å². The highest BCUT2D eigenvalue weighted by molar-refractivity contribution is 5.78. The third kappa shape index (κ3) is 3.57. The van der Waals surface area contributed by atoms with E-state index in [-0.39, 0.29) is 17.3 Å². The molecule has 88 valence electrons. The van der Waals surface area contributed by atoms with Crippen molar-refractivity contribution < 1.29 is 15.0 Å². The third-order valence-corrected chi connectivity index (χ3v) is 2.58. The first kappa shape index (κ1) is 12.6. The van der Waals surface area contributed by atoms with E-state index < -0.39 is 0 Å². The lowest BCUT2D eigenvalue weighted by atomic mass is 10.0. The van der Waals surface area contributed by atoms with Crippen molar-refractivity contribution in [2.24, 2.45) is 0 Å². The average Bonchev–Trinajstić information content (AvgIpc) is 2.28. The predicted octanol–water partition coefficient (Wildman–Crippen LogP) is 2.79. The molecule has 0 radical (unpaired) electrons. The van der Waals surface area contributed by atoms with Crippen LogP contribution in [-0.2, 0) is 11.2 Å². The molecule has 0 heterocycles. The first-order valence-electron chi connectivity index (χ1n) is 5.66. The van der Waals surface area contributed by atoms with Crippen LogP contribution < -0.4 is 0 Å². The van der Waals surface area contributed by atoms with E-state index >= 15 is 0 Å². The van der Waals surface area contributed by atoms with Gasteiger partial charge in [-0.05, 0) is 24.5 Å². The Morgan fingerprint density at radius 1 is 1.25 bits per heavy atom. The third-order valence-electron chi connectivity index (χ3n) is 2.58. The number of unbranched alkanes of at least 4 members (excludes halogenated alkanes) is 1. The number of aryl methyl sites for hydroxylation is 1. The number of ketones is 1. The molecule has 1 aromatic rings. The number of carbonyl (C=O) groups excluding carboxylic acids is 1. The summed E-state index contributed by atoms with van der Waals surface area (Å²) in [6.45, 7) is 2.05. The summed E-state index contributed by atoms with van der Waals surface area (Å²) in [6.07, 6.45) is 3.46. The summed E-state index contributed by atoms with van der Waals surface area (Å²) in [5.41, 5.74) is 0.629. The molecule has 0 aliphatic rings. The lowest BCUT2D eigenvalue weighted by molar-refractivity contribution is -0.119. The lowest BCUT2D eigenvalue weighted by Crippen LogP contribution is -2.00. The fourth-order valence-electron chi connectivity index (χ4n) is 1.55. The number of carbonyl (C=O) groups is 1. The van der Waals surface area contributed by atoms with Crippen molar-refractivity contribution in [1.29, 1.82) is 0 Å². The zero-order valence-corrected chi connectivity index (χ0v) is 9.57. The number of aromatic hydroxyl groups is 2. The Kier molecular flexibility index (Phi) is 4.83. The maximum absolute atomic E-state index is 11.4. The highest BCUT2D eigenvalue weighted by atomic mass is 16.3. The Balaban J connectivity index is 2.48. The second-order valence-corrected chi connectivity index (χ2v) is 3.93. The van der Waals surface area contributed by atoms with Crippen molar-refractivity contribution >= 4 is 5.78 Å². The van der Waals surface area contributed by atoms with Gasteiger partial charge in [0.2, 0.25) is 0 Å². The molecule has 0 aliphatic carbocycles. The lowest BCUT2D eigenvalue weighted by Gasteiger charge is -2.05.